The highest BCUT2D eigenvalue weighted by Gasteiger charge is 1.99. The molecule has 78 valence electrons. The molecule has 0 radical (unpaired) electrons. The van der Waals surface area contributed by atoms with Gasteiger partial charge < -0.3 is 9.47 Å². The van der Waals surface area contributed by atoms with E-state index in [-0.39, 0.29) is 19.5 Å². The van der Waals surface area contributed by atoms with Gasteiger partial charge in [-0.3, -0.25) is 4.79 Å². The molecule has 0 aromatic rings. The van der Waals surface area contributed by atoms with Gasteiger partial charge in [-0.2, -0.15) is 0 Å². The zero-order valence-corrected chi connectivity index (χ0v) is 7.73. The Morgan fingerprint density at radius 1 is 1.07 bits per heavy atom. The summed E-state index contributed by atoms with van der Waals surface area (Å²) in [5, 5.41) is 0. The van der Waals surface area contributed by atoms with Crippen molar-refractivity contribution in [1.29, 1.82) is 0 Å². The molecule has 0 aromatic heterocycles. The van der Waals surface area contributed by atoms with Crippen LogP contribution in [-0.2, 0) is 23.9 Å². The fourth-order valence-electron chi connectivity index (χ4n) is 0.643. The number of hydrogen-bond donors (Lipinski definition) is 0. The lowest BCUT2D eigenvalue weighted by Crippen LogP contribution is -2.08. The molecule has 0 aliphatic rings. The van der Waals surface area contributed by atoms with Gasteiger partial charge in [0.15, 0.2) is 0 Å². The number of aldehydes is 1. The molecule has 0 heterocycles. The van der Waals surface area contributed by atoms with Crippen molar-refractivity contribution in [3.63, 3.8) is 0 Å². The molecule has 0 amide bonds. The lowest BCUT2D eigenvalue weighted by atomic mass is 10.3. The van der Waals surface area contributed by atoms with Crippen LogP contribution >= 0.6 is 0 Å². The standard InChI is InChI=1S/C9H12O5/c1-2-8(11)13-5-3-4-6-14-9(12)7-10/h2,7H,1,3-6H2. The topological polar surface area (TPSA) is 69.7 Å². The Balaban J connectivity index is 3.21. The van der Waals surface area contributed by atoms with Gasteiger partial charge in [-0.05, 0) is 12.8 Å². The molecule has 0 unspecified atom stereocenters. The predicted molar refractivity (Wildman–Crippen MR) is 47.4 cm³/mol. The minimum Gasteiger partial charge on any atom is -0.463 e. The third-order valence-electron chi connectivity index (χ3n) is 1.29. The van der Waals surface area contributed by atoms with Crippen LogP contribution in [0.25, 0.3) is 0 Å². The van der Waals surface area contributed by atoms with Crippen LogP contribution in [0.2, 0.25) is 0 Å². The molecule has 0 saturated carbocycles. The molecule has 0 aromatic carbocycles. The third kappa shape index (κ3) is 7.02. The lowest BCUT2D eigenvalue weighted by Gasteiger charge is -2.01. The van der Waals surface area contributed by atoms with Crippen LogP contribution in [0.5, 0.6) is 0 Å². The summed E-state index contributed by atoms with van der Waals surface area (Å²) in [6.07, 6.45) is 2.31. The number of hydrogen-bond acceptors (Lipinski definition) is 5. The zero-order valence-electron chi connectivity index (χ0n) is 7.73. The van der Waals surface area contributed by atoms with Crippen LogP contribution in [0, 0.1) is 0 Å². The average Bonchev–Trinajstić information content (AvgIpc) is 2.22. The summed E-state index contributed by atoms with van der Waals surface area (Å²) < 4.78 is 9.11. The number of esters is 2. The van der Waals surface area contributed by atoms with Crippen molar-refractivity contribution in [2.24, 2.45) is 0 Å². The maximum Gasteiger partial charge on any atom is 0.371 e. The van der Waals surface area contributed by atoms with Crippen molar-refractivity contribution >= 4 is 18.2 Å². The normalized spacial score (nSPS) is 8.86. The van der Waals surface area contributed by atoms with Crippen molar-refractivity contribution in [2.75, 3.05) is 13.2 Å². The van der Waals surface area contributed by atoms with Crippen LogP contribution in [-0.4, -0.2) is 31.4 Å². The zero-order chi connectivity index (χ0) is 10.8. The van der Waals surface area contributed by atoms with Crippen LogP contribution in [0.3, 0.4) is 0 Å². The predicted octanol–water partition coefficient (Wildman–Crippen LogP) is 0.238. The van der Waals surface area contributed by atoms with Gasteiger partial charge in [0.05, 0.1) is 13.2 Å². The SMILES string of the molecule is C=CC(=O)OCCCCOC(=O)C=O. The number of carbonyl (C=O) groups is 3. The summed E-state index contributed by atoms with van der Waals surface area (Å²) in [5.41, 5.74) is 0. The largest absolute Gasteiger partial charge is 0.463 e. The van der Waals surface area contributed by atoms with E-state index in [1.54, 1.807) is 0 Å². The van der Waals surface area contributed by atoms with Crippen LogP contribution in [0.1, 0.15) is 12.8 Å². The molecule has 0 rings (SSSR count). The second-order valence-corrected chi connectivity index (χ2v) is 2.36. The van der Waals surface area contributed by atoms with Crippen LogP contribution in [0.4, 0.5) is 0 Å². The van der Waals surface area contributed by atoms with Gasteiger partial charge >= 0.3 is 11.9 Å². The lowest BCUT2D eigenvalue weighted by molar-refractivity contribution is -0.149. The number of carbonyl (C=O) groups excluding carboxylic acids is 3. The summed E-state index contributed by atoms with van der Waals surface area (Å²) in [4.78, 5) is 30.6. The van der Waals surface area contributed by atoms with Gasteiger partial charge in [-0.25, -0.2) is 9.59 Å². The second-order valence-electron chi connectivity index (χ2n) is 2.36. The molecule has 5 nitrogen and oxygen atoms in total. The minimum absolute atomic E-state index is 0.109. The van der Waals surface area contributed by atoms with E-state index in [1.807, 2.05) is 0 Å². The Kier molecular flexibility index (Phi) is 7.03. The van der Waals surface area contributed by atoms with E-state index >= 15 is 0 Å². The highest BCUT2D eigenvalue weighted by molar-refractivity contribution is 6.20. The van der Waals surface area contributed by atoms with Gasteiger partial charge in [-0.1, -0.05) is 6.58 Å². The van der Waals surface area contributed by atoms with E-state index in [1.165, 1.54) is 0 Å². The molecule has 0 fully saturated rings. The Morgan fingerprint density at radius 3 is 2.00 bits per heavy atom. The second kappa shape index (κ2) is 7.97. The van der Waals surface area contributed by atoms with Crippen molar-refractivity contribution in [1.82, 2.24) is 0 Å². The Labute approximate surface area is 81.7 Å². The Hall–Kier alpha value is -1.65. The first-order chi connectivity index (χ1) is 6.70. The van der Waals surface area contributed by atoms with E-state index < -0.39 is 11.9 Å². The van der Waals surface area contributed by atoms with E-state index in [4.69, 9.17) is 0 Å². The highest BCUT2D eigenvalue weighted by atomic mass is 16.5. The molecule has 5 heteroatoms. The van der Waals surface area contributed by atoms with Crippen LogP contribution in [0.15, 0.2) is 12.7 Å². The fourth-order valence-corrected chi connectivity index (χ4v) is 0.643. The summed E-state index contributed by atoms with van der Waals surface area (Å²) >= 11 is 0. The first kappa shape index (κ1) is 12.3. The molecule has 0 bridgehead atoms. The van der Waals surface area contributed by atoms with Gasteiger partial charge in [0.2, 0.25) is 6.29 Å². The first-order valence-corrected chi connectivity index (χ1v) is 4.12. The average molecular weight is 200 g/mol. The van der Waals surface area contributed by atoms with E-state index in [9.17, 15) is 14.4 Å². The number of ether oxygens (including phenoxy) is 2. The van der Waals surface area contributed by atoms with Crippen molar-refractivity contribution in [3.8, 4) is 0 Å². The Morgan fingerprint density at radius 2 is 1.57 bits per heavy atom. The smallest absolute Gasteiger partial charge is 0.371 e. The fraction of sp³-hybridized carbons (Fsp3) is 0.444. The van der Waals surface area contributed by atoms with Gasteiger partial charge in [0, 0.05) is 6.08 Å². The highest BCUT2D eigenvalue weighted by Crippen LogP contribution is 1.92. The quantitative estimate of drug-likeness (QED) is 0.193. The van der Waals surface area contributed by atoms with E-state index in [2.05, 4.69) is 16.1 Å². The molecular formula is C9H12O5. The molecule has 14 heavy (non-hydrogen) atoms. The molecule has 0 N–H and O–H groups in total. The Bertz CT molecular complexity index is 197. The van der Waals surface area contributed by atoms with E-state index in [0.29, 0.717) is 12.8 Å². The van der Waals surface area contributed by atoms with Gasteiger partial charge in [0.25, 0.3) is 0 Å². The van der Waals surface area contributed by atoms with Gasteiger partial charge in [-0.15, -0.1) is 0 Å². The summed E-state index contributed by atoms with van der Waals surface area (Å²) in [7, 11) is 0. The summed E-state index contributed by atoms with van der Waals surface area (Å²) in [5.74, 6) is -1.36. The monoisotopic (exact) mass is 200 g/mol. The van der Waals surface area contributed by atoms with Crippen LogP contribution < -0.4 is 0 Å². The maximum absolute atomic E-state index is 10.5. The number of unbranched alkanes of at least 4 members (excludes halogenated alkanes) is 1. The third-order valence-corrected chi connectivity index (χ3v) is 1.29. The molecule has 0 aliphatic heterocycles. The van der Waals surface area contributed by atoms with Gasteiger partial charge in [0.1, 0.15) is 0 Å². The van der Waals surface area contributed by atoms with Crippen molar-refractivity contribution < 1.29 is 23.9 Å². The molecular weight excluding hydrogens is 188 g/mol. The first-order valence-electron chi connectivity index (χ1n) is 4.12. The van der Waals surface area contributed by atoms with Crippen molar-refractivity contribution in [2.45, 2.75) is 12.8 Å². The molecule has 0 aliphatic carbocycles. The summed E-state index contributed by atoms with van der Waals surface area (Å²) in [6.45, 7) is 3.64. The molecule has 0 spiro atoms. The van der Waals surface area contributed by atoms with E-state index in [0.717, 1.165) is 6.08 Å². The maximum atomic E-state index is 10.5. The molecule has 0 saturated heterocycles. The van der Waals surface area contributed by atoms with Crippen molar-refractivity contribution in [3.05, 3.63) is 12.7 Å². The number of rotatable bonds is 7. The molecule has 0 atom stereocenters. The summed E-state index contributed by atoms with van der Waals surface area (Å²) in [6, 6.07) is 0. The minimum atomic E-state index is -0.881.